The summed E-state index contributed by atoms with van der Waals surface area (Å²) in [5, 5.41) is 0. The molecule has 0 radical (unpaired) electrons. The normalized spacial score (nSPS) is 10.2. The molecule has 4 heteroatoms. The maximum atomic E-state index is 11.9. The molecule has 0 amide bonds. The van der Waals surface area contributed by atoms with Crippen LogP contribution in [-0.4, -0.2) is 32.2 Å². The molecule has 0 spiro atoms. The Hall–Kier alpha value is -1.38. The van der Waals surface area contributed by atoms with Gasteiger partial charge < -0.3 is 0 Å². The molecule has 0 aliphatic carbocycles. The van der Waals surface area contributed by atoms with Gasteiger partial charge in [0.1, 0.15) is 0 Å². The Labute approximate surface area is 139 Å². The third-order valence-corrected chi connectivity index (χ3v) is 5.13. The molecule has 0 heterocycles. The second-order valence-corrected chi connectivity index (χ2v) is 7.40. The van der Waals surface area contributed by atoms with Gasteiger partial charge in [0, 0.05) is 0 Å². The van der Waals surface area contributed by atoms with E-state index in [4.69, 9.17) is 4.74 Å². The van der Waals surface area contributed by atoms with Gasteiger partial charge in [-0.1, -0.05) is 6.58 Å². The zero-order chi connectivity index (χ0) is 16.0. The first-order chi connectivity index (χ1) is 10.7. The molecule has 0 atom stereocenters. The first kappa shape index (κ1) is 18.7. The molecule has 1 aromatic rings. The van der Waals surface area contributed by atoms with Crippen molar-refractivity contribution in [2.24, 2.45) is 0 Å². The summed E-state index contributed by atoms with van der Waals surface area (Å²) < 4.78 is 6.45. The number of hydrogen-bond acceptors (Lipinski definition) is 3. The number of unbranched alkanes of at least 4 members (excludes halogenated alkanes) is 5. The van der Waals surface area contributed by atoms with Crippen LogP contribution in [0.15, 0.2) is 43.0 Å². The standard InChI is InChI=1S/C18H24O3Se/c1-2-17(19)21-15-11-6-4-3-5-10-14-18(20)22-16-12-8-7-9-13-16/h2,7-9,12-13H,1,3-6,10-11,14-15H2. The second kappa shape index (κ2) is 12.2. The van der Waals surface area contributed by atoms with Crippen molar-refractivity contribution in [1.29, 1.82) is 0 Å². The fourth-order valence-corrected chi connectivity index (χ4v) is 3.66. The van der Waals surface area contributed by atoms with E-state index in [1.165, 1.54) is 6.08 Å². The SMILES string of the molecule is C=CC(=O)OCCCCCCCCC(=O)[Se]c1ccccc1. The summed E-state index contributed by atoms with van der Waals surface area (Å²) in [6.07, 6.45) is 8.20. The second-order valence-electron chi connectivity index (χ2n) is 5.03. The number of rotatable bonds is 12. The molecular weight excluding hydrogens is 343 g/mol. The molecule has 0 unspecified atom stereocenters. The van der Waals surface area contributed by atoms with Crippen LogP contribution in [0.2, 0.25) is 0 Å². The van der Waals surface area contributed by atoms with Gasteiger partial charge in [0.05, 0.1) is 0 Å². The van der Waals surface area contributed by atoms with E-state index in [2.05, 4.69) is 6.58 Å². The van der Waals surface area contributed by atoms with Gasteiger partial charge in [0.2, 0.25) is 0 Å². The first-order valence-electron chi connectivity index (χ1n) is 7.77. The molecule has 0 aromatic heterocycles. The number of benzene rings is 1. The van der Waals surface area contributed by atoms with E-state index in [-0.39, 0.29) is 20.9 Å². The number of hydrogen-bond donors (Lipinski definition) is 0. The monoisotopic (exact) mass is 368 g/mol. The van der Waals surface area contributed by atoms with Crippen LogP contribution in [-0.2, 0) is 14.3 Å². The van der Waals surface area contributed by atoms with Crippen LogP contribution in [0.25, 0.3) is 0 Å². The van der Waals surface area contributed by atoms with Crippen molar-refractivity contribution in [3.8, 4) is 0 Å². The number of carbonyl (C=O) groups is 2. The topological polar surface area (TPSA) is 43.4 Å². The molecule has 0 aliphatic heterocycles. The Morgan fingerprint density at radius 3 is 2.32 bits per heavy atom. The fraction of sp³-hybridized carbons (Fsp3) is 0.444. The summed E-state index contributed by atoms with van der Waals surface area (Å²) in [4.78, 5) is 22.7. The van der Waals surface area contributed by atoms with Crippen molar-refractivity contribution in [1.82, 2.24) is 0 Å². The summed E-state index contributed by atoms with van der Waals surface area (Å²) >= 11 is -0.0315. The van der Waals surface area contributed by atoms with Crippen LogP contribution in [0.3, 0.4) is 0 Å². The van der Waals surface area contributed by atoms with Crippen LogP contribution in [0.1, 0.15) is 44.9 Å². The van der Waals surface area contributed by atoms with Gasteiger partial charge in [-0.05, 0) is 0 Å². The fourth-order valence-electron chi connectivity index (χ4n) is 1.98. The third kappa shape index (κ3) is 9.54. The van der Waals surface area contributed by atoms with Crippen LogP contribution >= 0.6 is 0 Å². The van der Waals surface area contributed by atoms with Crippen LogP contribution in [0.4, 0.5) is 0 Å². The molecule has 120 valence electrons. The Bertz CT molecular complexity index is 457. The Morgan fingerprint density at radius 2 is 1.64 bits per heavy atom. The van der Waals surface area contributed by atoms with Crippen molar-refractivity contribution in [2.75, 3.05) is 6.61 Å². The van der Waals surface area contributed by atoms with E-state index >= 15 is 0 Å². The van der Waals surface area contributed by atoms with Crippen molar-refractivity contribution in [2.45, 2.75) is 44.9 Å². The summed E-state index contributed by atoms with van der Waals surface area (Å²) in [6.45, 7) is 3.82. The predicted molar refractivity (Wildman–Crippen MR) is 90.3 cm³/mol. The quantitative estimate of drug-likeness (QED) is 0.247. The van der Waals surface area contributed by atoms with E-state index in [1.807, 2.05) is 30.3 Å². The number of esters is 1. The van der Waals surface area contributed by atoms with Gasteiger partial charge in [0.15, 0.2) is 0 Å². The third-order valence-electron chi connectivity index (χ3n) is 3.16. The molecule has 1 rings (SSSR count). The summed E-state index contributed by atoms with van der Waals surface area (Å²) in [5.74, 6) is -0.348. The van der Waals surface area contributed by atoms with Crippen molar-refractivity contribution < 1.29 is 14.3 Å². The molecule has 0 saturated carbocycles. The van der Waals surface area contributed by atoms with E-state index in [0.717, 1.165) is 43.0 Å². The Balaban J connectivity index is 1.92. The number of ether oxygens (including phenoxy) is 1. The van der Waals surface area contributed by atoms with Crippen LogP contribution in [0, 0.1) is 0 Å². The van der Waals surface area contributed by atoms with Crippen molar-refractivity contribution in [3.63, 3.8) is 0 Å². The van der Waals surface area contributed by atoms with Crippen LogP contribution in [0.5, 0.6) is 0 Å². The first-order valence-corrected chi connectivity index (χ1v) is 9.48. The average Bonchev–Trinajstić information content (AvgIpc) is 2.54. The van der Waals surface area contributed by atoms with Gasteiger partial charge in [-0.15, -0.1) is 0 Å². The molecule has 0 aliphatic rings. The molecule has 0 fully saturated rings. The van der Waals surface area contributed by atoms with Crippen molar-refractivity contribution >= 4 is 30.1 Å². The van der Waals surface area contributed by atoms with E-state index in [1.54, 1.807) is 0 Å². The minimum atomic E-state index is -0.348. The molecular formula is C18H24O3Se. The van der Waals surface area contributed by atoms with Gasteiger partial charge in [-0.25, -0.2) is 0 Å². The molecule has 0 bridgehead atoms. The predicted octanol–water partition coefficient (Wildman–Crippen LogP) is 3.00. The molecule has 22 heavy (non-hydrogen) atoms. The summed E-state index contributed by atoms with van der Waals surface area (Å²) in [6, 6.07) is 9.99. The number of carbonyl (C=O) groups excluding carboxylic acids is 2. The summed E-state index contributed by atoms with van der Waals surface area (Å²) in [5.41, 5.74) is 0. The zero-order valence-electron chi connectivity index (χ0n) is 13.0. The zero-order valence-corrected chi connectivity index (χ0v) is 14.7. The van der Waals surface area contributed by atoms with Crippen molar-refractivity contribution in [3.05, 3.63) is 43.0 Å². The molecule has 0 saturated heterocycles. The van der Waals surface area contributed by atoms with Gasteiger partial charge in [0.25, 0.3) is 0 Å². The molecule has 0 N–H and O–H groups in total. The maximum absolute atomic E-state index is 11.9. The van der Waals surface area contributed by atoms with Gasteiger partial charge in [-0.3, -0.25) is 0 Å². The average molecular weight is 367 g/mol. The minimum absolute atomic E-state index is 0.0315. The summed E-state index contributed by atoms with van der Waals surface area (Å²) in [7, 11) is 0. The Kier molecular flexibility index (Phi) is 10.3. The van der Waals surface area contributed by atoms with Gasteiger partial charge >= 0.3 is 132 Å². The van der Waals surface area contributed by atoms with E-state index < -0.39 is 0 Å². The van der Waals surface area contributed by atoms with Gasteiger partial charge in [-0.2, -0.15) is 0 Å². The van der Waals surface area contributed by atoms with Crippen LogP contribution < -0.4 is 4.46 Å². The Morgan fingerprint density at radius 1 is 1.00 bits per heavy atom. The molecule has 3 nitrogen and oxygen atoms in total. The molecule has 1 aromatic carbocycles. The van der Waals surface area contributed by atoms with E-state index in [9.17, 15) is 9.59 Å². The van der Waals surface area contributed by atoms with E-state index in [0.29, 0.717) is 17.7 Å².